The second-order valence-corrected chi connectivity index (χ2v) is 6.44. The molecular formula is C12H30I4N2. The van der Waals surface area contributed by atoms with E-state index < -0.39 is 0 Å². The lowest BCUT2D eigenvalue weighted by Gasteiger charge is -2.25. The minimum absolute atomic E-state index is 0. The van der Waals surface area contributed by atoms with Crippen molar-refractivity contribution in [3.63, 3.8) is 0 Å². The molecule has 6 heteroatoms. The molecule has 0 atom stereocenters. The molecule has 0 saturated carbocycles. The predicted molar refractivity (Wildman–Crippen MR) is 92.3 cm³/mol. The molecule has 0 aromatic carbocycles. The zero-order valence-corrected chi connectivity index (χ0v) is 21.3. The Balaban J connectivity index is -0.000000232. The van der Waals surface area contributed by atoms with Crippen LogP contribution in [0.15, 0.2) is 0 Å². The Hall–Kier alpha value is 2.84. The van der Waals surface area contributed by atoms with Gasteiger partial charge in [-0.2, -0.15) is 0 Å². The fourth-order valence-corrected chi connectivity index (χ4v) is 1.53. The van der Waals surface area contributed by atoms with Gasteiger partial charge in [0.15, 0.2) is 0 Å². The third-order valence-corrected chi connectivity index (χ3v) is 2.41. The van der Waals surface area contributed by atoms with Crippen molar-refractivity contribution < 1.29 is 56.9 Å². The van der Waals surface area contributed by atoms with Crippen molar-refractivity contribution >= 4 is 37.2 Å². The van der Waals surface area contributed by atoms with Crippen LogP contribution in [0.3, 0.4) is 0 Å². The smallest absolute Gasteiger partial charge is 0.0780 e. The summed E-state index contributed by atoms with van der Waals surface area (Å²) in [6.45, 7) is 2.62. The number of quaternary nitrogens is 2. The molecule has 2 nitrogen and oxygen atoms in total. The van der Waals surface area contributed by atoms with Crippen LogP contribution in [-0.4, -0.2) is 64.3 Å². The van der Waals surface area contributed by atoms with E-state index in [9.17, 15) is 0 Å². The van der Waals surface area contributed by atoms with Gasteiger partial charge in [0.25, 0.3) is 0 Å². The third-order valence-electron chi connectivity index (χ3n) is 2.41. The number of hydrogen-bond acceptors (Lipinski definition) is 0. The molecule has 0 radical (unpaired) electrons. The van der Waals surface area contributed by atoms with Crippen LogP contribution < -0.4 is 48.0 Å². The van der Waals surface area contributed by atoms with Crippen LogP contribution in [0.4, 0.5) is 0 Å². The summed E-state index contributed by atoms with van der Waals surface area (Å²) in [4.78, 5) is 0. The van der Waals surface area contributed by atoms with Gasteiger partial charge in [0.1, 0.15) is 0 Å². The van der Waals surface area contributed by atoms with E-state index in [1.807, 2.05) is 0 Å². The van der Waals surface area contributed by atoms with Crippen molar-refractivity contribution in [2.45, 2.75) is 25.7 Å². The van der Waals surface area contributed by atoms with Gasteiger partial charge in [-0.25, -0.2) is 0 Å². The highest BCUT2D eigenvalue weighted by atomic mass is 128. The highest BCUT2D eigenvalue weighted by molar-refractivity contribution is 15.0. The van der Waals surface area contributed by atoms with Crippen molar-refractivity contribution in [3.8, 4) is 0 Å². The zero-order chi connectivity index (χ0) is 13.2. The number of halogens is 4. The van der Waals surface area contributed by atoms with Crippen LogP contribution >= 0.6 is 37.2 Å². The molecule has 0 heterocycles. The molecule has 0 aromatic rings. The summed E-state index contributed by atoms with van der Waals surface area (Å²) >= 11 is 4.24. The van der Waals surface area contributed by atoms with E-state index in [1.165, 1.54) is 38.8 Å². The SMILES string of the molecule is C[N+](C)(C)CCCCCC[N+](C)(C)C.II.[I-].[I-]. The second kappa shape index (κ2) is 16.2. The zero-order valence-electron chi connectivity index (χ0n) is 12.6. The minimum Gasteiger partial charge on any atom is -1.00 e. The van der Waals surface area contributed by atoms with Gasteiger partial charge in [-0.05, 0) is 25.7 Å². The monoisotopic (exact) mass is 710 g/mol. The van der Waals surface area contributed by atoms with Gasteiger partial charge in [-0.15, -0.1) is 0 Å². The molecule has 0 unspecified atom stereocenters. The molecule has 0 aliphatic carbocycles. The van der Waals surface area contributed by atoms with Crippen molar-refractivity contribution in [3.05, 3.63) is 0 Å². The summed E-state index contributed by atoms with van der Waals surface area (Å²) in [5.74, 6) is 0. The molecule has 0 N–H and O–H groups in total. The lowest BCUT2D eigenvalue weighted by Crippen LogP contribution is -3.00. The number of hydrogen-bond donors (Lipinski definition) is 0. The van der Waals surface area contributed by atoms with Crippen molar-refractivity contribution in [1.29, 1.82) is 0 Å². The highest BCUT2D eigenvalue weighted by Gasteiger charge is 2.07. The van der Waals surface area contributed by atoms with Crippen LogP contribution in [-0.2, 0) is 0 Å². The second-order valence-electron chi connectivity index (χ2n) is 6.44. The Bertz CT molecular complexity index is 135. The van der Waals surface area contributed by atoms with Crippen molar-refractivity contribution in [2.75, 3.05) is 55.4 Å². The van der Waals surface area contributed by atoms with Crippen molar-refractivity contribution in [2.24, 2.45) is 0 Å². The molecule has 0 saturated heterocycles. The maximum absolute atomic E-state index is 2.27. The Morgan fingerprint density at radius 1 is 0.556 bits per heavy atom. The first kappa shape index (κ1) is 28.9. The minimum atomic E-state index is 0. The normalized spacial score (nSPS) is 10.7. The molecule has 0 aliphatic heterocycles. The molecule has 0 aromatic heterocycles. The van der Waals surface area contributed by atoms with Gasteiger partial charge < -0.3 is 56.9 Å². The fourth-order valence-electron chi connectivity index (χ4n) is 1.53. The maximum atomic E-state index is 2.27. The third kappa shape index (κ3) is 31.3. The van der Waals surface area contributed by atoms with Crippen LogP contribution in [0.25, 0.3) is 0 Å². The largest absolute Gasteiger partial charge is 1.00 e. The molecule has 0 amide bonds. The molecule has 0 bridgehead atoms. The number of rotatable bonds is 7. The Morgan fingerprint density at radius 3 is 0.944 bits per heavy atom. The van der Waals surface area contributed by atoms with E-state index >= 15 is 0 Å². The number of nitrogens with zero attached hydrogens (tertiary/aromatic N) is 2. The van der Waals surface area contributed by atoms with E-state index in [2.05, 4.69) is 79.5 Å². The van der Waals surface area contributed by atoms with E-state index in [0.29, 0.717) is 0 Å². The van der Waals surface area contributed by atoms with E-state index in [-0.39, 0.29) is 48.0 Å². The lowest BCUT2D eigenvalue weighted by atomic mass is 10.1. The van der Waals surface area contributed by atoms with Crippen LogP contribution in [0, 0.1) is 0 Å². The fraction of sp³-hybridized carbons (Fsp3) is 1.00. The van der Waals surface area contributed by atoms with E-state index in [0.717, 1.165) is 8.97 Å². The van der Waals surface area contributed by atoms with Crippen LogP contribution in [0.5, 0.6) is 0 Å². The van der Waals surface area contributed by atoms with E-state index in [4.69, 9.17) is 0 Å². The van der Waals surface area contributed by atoms with Crippen LogP contribution in [0.2, 0.25) is 0 Å². The Kier molecular flexibility index (Phi) is 26.1. The van der Waals surface area contributed by atoms with Gasteiger partial charge >= 0.3 is 0 Å². The standard InChI is InChI=1S/C12H30N2.I2.2HI/c1-13(2,3)11-9-7-8-10-12-14(4,5)6;1-2;;/h7-12H2,1-6H3;;2*1H/q+2;;;/p-2. The predicted octanol–water partition coefficient (Wildman–Crippen LogP) is -2.26. The van der Waals surface area contributed by atoms with E-state index in [1.54, 1.807) is 0 Å². The van der Waals surface area contributed by atoms with Gasteiger partial charge in [0.2, 0.25) is 0 Å². The molecule has 18 heavy (non-hydrogen) atoms. The molecule has 116 valence electrons. The summed E-state index contributed by atoms with van der Waals surface area (Å²) in [6, 6.07) is 0. The Labute approximate surface area is 173 Å². The van der Waals surface area contributed by atoms with Gasteiger partial charge in [-0.1, -0.05) is 0 Å². The molecular weight excluding hydrogens is 680 g/mol. The highest BCUT2D eigenvalue weighted by Crippen LogP contribution is 2.05. The van der Waals surface area contributed by atoms with Crippen LogP contribution in [0.1, 0.15) is 25.7 Å². The van der Waals surface area contributed by atoms with Gasteiger partial charge in [-0.3, -0.25) is 0 Å². The van der Waals surface area contributed by atoms with Crippen molar-refractivity contribution in [1.82, 2.24) is 0 Å². The molecule has 0 spiro atoms. The average Bonchev–Trinajstić information content (AvgIpc) is 2.11. The number of unbranched alkanes of at least 4 members (excludes halogenated alkanes) is 3. The summed E-state index contributed by atoms with van der Waals surface area (Å²) < 4.78 is 2.21. The summed E-state index contributed by atoms with van der Waals surface area (Å²) in [5, 5.41) is 0. The Morgan fingerprint density at radius 2 is 0.778 bits per heavy atom. The molecule has 0 rings (SSSR count). The summed E-state index contributed by atoms with van der Waals surface area (Å²) in [7, 11) is 13.6. The summed E-state index contributed by atoms with van der Waals surface area (Å²) in [6.07, 6.45) is 5.55. The molecule has 0 aliphatic rings. The average molecular weight is 710 g/mol. The lowest BCUT2D eigenvalue weighted by molar-refractivity contribution is -0.871. The van der Waals surface area contributed by atoms with Gasteiger partial charge in [0, 0.05) is 37.2 Å². The molecule has 0 fully saturated rings. The topological polar surface area (TPSA) is 0 Å². The first-order valence-corrected chi connectivity index (χ1v) is 12.2. The summed E-state index contributed by atoms with van der Waals surface area (Å²) in [5.41, 5.74) is 0. The first-order valence-electron chi connectivity index (χ1n) is 5.96. The first-order chi connectivity index (χ1) is 7.21. The maximum Gasteiger partial charge on any atom is 0.0780 e. The quantitative estimate of drug-likeness (QED) is 0.159. The van der Waals surface area contributed by atoms with Gasteiger partial charge in [0.05, 0.1) is 55.4 Å².